The Kier molecular flexibility index (Phi) is 8.84. The molecule has 2 aliphatic rings. The number of alkyl halides is 2. The third-order valence-corrected chi connectivity index (χ3v) is 6.65. The number of aromatic nitrogens is 4. The number of Topliss-reactive ketones (excluding diaryl/α,β-unsaturated/α-hetero) is 2. The van der Waals surface area contributed by atoms with Gasteiger partial charge in [-0.1, -0.05) is 24.3 Å². The topological polar surface area (TPSA) is 60.8 Å². The molecule has 2 aliphatic carbocycles. The molecule has 0 spiro atoms. The Morgan fingerprint density at radius 3 is 2.03 bits per heavy atom. The van der Waals surface area contributed by atoms with E-state index < -0.39 is 9.75 Å². The molecule has 0 N–H and O–H groups in total. The van der Waals surface area contributed by atoms with E-state index in [1.54, 1.807) is 27.7 Å². The van der Waals surface area contributed by atoms with Crippen molar-refractivity contribution in [2.45, 2.75) is 55.1 Å². The van der Waals surface area contributed by atoms with Gasteiger partial charge in [0, 0.05) is 0 Å². The predicted molar refractivity (Wildman–Crippen MR) is 113 cm³/mol. The second-order valence-electron chi connectivity index (χ2n) is 7.30. The van der Waals surface area contributed by atoms with E-state index in [1.165, 1.54) is 12.5 Å². The Labute approximate surface area is 212 Å². The molecule has 2 heterocycles. The van der Waals surface area contributed by atoms with Crippen molar-refractivity contribution in [2.24, 2.45) is 0 Å². The highest BCUT2D eigenvalue weighted by atomic mass is 127. The summed E-state index contributed by atoms with van der Waals surface area (Å²) in [4.78, 5) is 25.9. The van der Waals surface area contributed by atoms with E-state index in [0.717, 1.165) is 25.7 Å². The third kappa shape index (κ3) is 6.45. The molecule has 164 valence electrons. The van der Waals surface area contributed by atoms with Crippen LogP contribution in [0, 0.1) is 0 Å². The van der Waals surface area contributed by atoms with Crippen molar-refractivity contribution < 1.29 is 38.1 Å². The number of carbonyl (C=O) groups excluding carboxylic acids is 2. The van der Waals surface area contributed by atoms with Crippen molar-refractivity contribution in [1.82, 2.24) is 14.1 Å². The van der Waals surface area contributed by atoms with Gasteiger partial charge in [-0.15, -0.1) is 23.2 Å². The molecule has 2 aromatic heterocycles. The lowest BCUT2D eigenvalue weighted by Gasteiger charge is -2.06. The quantitative estimate of drug-likeness (QED) is 0.194. The molecular formula is C19H21Cl4IN4O2. The molecule has 0 unspecified atom stereocenters. The van der Waals surface area contributed by atoms with Crippen LogP contribution >= 0.6 is 46.4 Å². The number of allylic oxidation sites excluding steroid dienone is 1. The van der Waals surface area contributed by atoms with Crippen molar-refractivity contribution in [2.75, 3.05) is 0 Å². The van der Waals surface area contributed by atoms with Crippen LogP contribution in [-0.2, 0) is 29.2 Å². The molecule has 2 saturated carbocycles. The summed E-state index contributed by atoms with van der Waals surface area (Å²) >= 11 is 23.7. The first-order chi connectivity index (χ1) is 13.7. The zero-order valence-corrected chi connectivity index (χ0v) is 21.2. The average Bonchev–Trinajstić information content (AvgIpc) is 3.53. The van der Waals surface area contributed by atoms with Gasteiger partial charge >= 0.3 is 0 Å². The number of imidazole rings is 2. The van der Waals surface area contributed by atoms with Crippen LogP contribution in [0.15, 0.2) is 37.7 Å². The fraction of sp³-hybridized carbons (Fsp3) is 0.474. The SMILES string of the molecule is C=CC[n+]1cc(Cl)n(CC(=O)C2(Cl)CC2)c1.O=C(Cn1cncc1Cl)C1(Cl)CC1.[I-]. The van der Waals surface area contributed by atoms with Crippen LogP contribution in [0.3, 0.4) is 0 Å². The minimum Gasteiger partial charge on any atom is -1.00 e. The summed E-state index contributed by atoms with van der Waals surface area (Å²) < 4.78 is 5.17. The molecule has 0 radical (unpaired) electrons. The van der Waals surface area contributed by atoms with E-state index in [-0.39, 0.29) is 48.6 Å². The summed E-state index contributed by atoms with van der Waals surface area (Å²) in [6.07, 6.45) is 11.5. The van der Waals surface area contributed by atoms with Crippen molar-refractivity contribution in [3.63, 3.8) is 0 Å². The number of carbonyl (C=O) groups is 2. The Hall–Kier alpha value is -0.610. The van der Waals surface area contributed by atoms with Crippen LogP contribution in [0.2, 0.25) is 10.3 Å². The summed E-state index contributed by atoms with van der Waals surface area (Å²) in [5, 5.41) is 1.00. The van der Waals surface area contributed by atoms with Crippen molar-refractivity contribution >= 4 is 58.0 Å². The second-order valence-corrected chi connectivity index (χ2v) is 9.52. The first-order valence-electron chi connectivity index (χ1n) is 9.12. The molecule has 0 bridgehead atoms. The highest BCUT2D eigenvalue weighted by Gasteiger charge is 2.48. The summed E-state index contributed by atoms with van der Waals surface area (Å²) in [5.41, 5.74) is 0. The molecule has 30 heavy (non-hydrogen) atoms. The van der Waals surface area contributed by atoms with Gasteiger partial charge in [-0.25, -0.2) is 14.1 Å². The largest absolute Gasteiger partial charge is 1.00 e. The van der Waals surface area contributed by atoms with Gasteiger partial charge in [-0.3, -0.25) is 9.59 Å². The lowest BCUT2D eigenvalue weighted by molar-refractivity contribution is -0.686. The Morgan fingerprint density at radius 1 is 1.07 bits per heavy atom. The maximum absolute atomic E-state index is 11.8. The van der Waals surface area contributed by atoms with Gasteiger partial charge < -0.3 is 28.5 Å². The number of ketones is 2. The first kappa shape index (κ1) is 25.6. The lowest BCUT2D eigenvalue weighted by atomic mass is 10.2. The second kappa shape index (κ2) is 10.3. The van der Waals surface area contributed by atoms with E-state index in [1.807, 2.05) is 4.57 Å². The molecule has 4 rings (SSSR count). The maximum atomic E-state index is 11.8. The molecular weight excluding hydrogens is 585 g/mol. The summed E-state index contributed by atoms with van der Waals surface area (Å²) in [7, 11) is 0. The molecule has 2 fully saturated rings. The van der Waals surface area contributed by atoms with Crippen LogP contribution in [0.1, 0.15) is 25.7 Å². The third-order valence-electron chi connectivity index (χ3n) is 4.84. The monoisotopic (exact) mass is 604 g/mol. The highest BCUT2D eigenvalue weighted by Crippen LogP contribution is 2.44. The van der Waals surface area contributed by atoms with Crippen molar-refractivity contribution in [3.8, 4) is 0 Å². The lowest BCUT2D eigenvalue weighted by Crippen LogP contribution is -3.00. The zero-order valence-electron chi connectivity index (χ0n) is 16.0. The van der Waals surface area contributed by atoms with E-state index >= 15 is 0 Å². The van der Waals surface area contributed by atoms with Gasteiger partial charge in [0.25, 0.3) is 0 Å². The Morgan fingerprint density at radius 2 is 1.60 bits per heavy atom. The molecule has 0 saturated heterocycles. The van der Waals surface area contributed by atoms with Crippen LogP contribution in [0.25, 0.3) is 0 Å². The van der Waals surface area contributed by atoms with E-state index in [4.69, 9.17) is 46.4 Å². The van der Waals surface area contributed by atoms with Crippen LogP contribution in [0.4, 0.5) is 0 Å². The predicted octanol–water partition coefficient (Wildman–Crippen LogP) is 0.836. The molecule has 11 heteroatoms. The van der Waals surface area contributed by atoms with Gasteiger partial charge in [0.05, 0.1) is 19.1 Å². The molecule has 0 aromatic carbocycles. The fourth-order valence-electron chi connectivity index (χ4n) is 2.63. The number of halogens is 5. The van der Waals surface area contributed by atoms with Crippen LogP contribution < -0.4 is 28.5 Å². The number of nitrogens with zero attached hydrogens (tertiary/aromatic N) is 4. The minimum atomic E-state index is -0.614. The van der Waals surface area contributed by atoms with Gasteiger partial charge in [-0.05, 0) is 37.3 Å². The molecule has 6 nitrogen and oxygen atoms in total. The number of hydrogen-bond acceptors (Lipinski definition) is 3. The summed E-state index contributed by atoms with van der Waals surface area (Å²) in [6, 6.07) is 0. The molecule has 0 atom stereocenters. The van der Waals surface area contributed by atoms with Gasteiger partial charge in [0.1, 0.15) is 27.6 Å². The highest BCUT2D eigenvalue weighted by molar-refractivity contribution is 6.38. The maximum Gasteiger partial charge on any atom is 0.245 e. The van der Waals surface area contributed by atoms with E-state index in [0.29, 0.717) is 16.9 Å². The smallest absolute Gasteiger partial charge is 0.245 e. The number of rotatable bonds is 8. The van der Waals surface area contributed by atoms with Gasteiger partial charge in [-0.2, -0.15) is 0 Å². The standard InChI is InChI=1S/C11H13Cl2N2O.C8H8Cl2N2O.HI/c1-2-5-14-7-10(12)15(8-14)6-9(16)11(13)3-4-11;9-7-3-11-5-12(7)4-6(13)8(10)1-2-8;/h2,7-8H,1,3-6H2;3,5H,1-2,4H2;1H/q+1;;/p-1. The fourth-order valence-corrected chi connectivity index (χ4v) is 3.33. The Bertz CT molecular complexity index is 935. The van der Waals surface area contributed by atoms with Crippen LogP contribution in [-0.4, -0.2) is 35.4 Å². The molecule has 0 aliphatic heterocycles. The first-order valence-corrected chi connectivity index (χ1v) is 10.6. The summed E-state index contributed by atoms with van der Waals surface area (Å²) in [6.45, 7) is 4.78. The van der Waals surface area contributed by atoms with Gasteiger partial charge in [0.2, 0.25) is 11.5 Å². The summed E-state index contributed by atoms with van der Waals surface area (Å²) in [5.74, 6) is 0.0616. The zero-order chi connectivity index (χ0) is 21.2. The van der Waals surface area contributed by atoms with Crippen LogP contribution in [0.5, 0.6) is 0 Å². The molecule has 0 amide bonds. The Balaban J connectivity index is 0.000000211. The minimum absolute atomic E-state index is 0. The van der Waals surface area contributed by atoms with Crippen molar-refractivity contribution in [1.29, 1.82) is 0 Å². The average molecular weight is 606 g/mol. The van der Waals surface area contributed by atoms with Crippen molar-refractivity contribution in [3.05, 3.63) is 48.0 Å². The van der Waals surface area contributed by atoms with Gasteiger partial charge in [0.15, 0.2) is 18.1 Å². The normalized spacial score (nSPS) is 17.2. The number of hydrogen-bond donors (Lipinski definition) is 0. The van der Waals surface area contributed by atoms with E-state index in [9.17, 15) is 9.59 Å². The molecule has 2 aromatic rings. The van der Waals surface area contributed by atoms with E-state index in [2.05, 4.69) is 11.6 Å².